The standard InChI is InChI=1S/C21H15ClFN3O2/c1-12-9-13(22)10-17-18(12)25-19(26(2)21(17)27)16-7-4-8-24-20(16)28-15-6-3-5-14(23)11-15/h3-11H,1-2H3. The molecule has 0 radical (unpaired) electrons. The van der Waals surface area contributed by atoms with Crippen LogP contribution in [0.5, 0.6) is 11.6 Å². The summed E-state index contributed by atoms with van der Waals surface area (Å²) in [4.78, 5) is 21.8. The van der Waals surface area contributed by atoms with Crippen molar-refractivity contribution in [1.29, 1.82) is 0 Å². The first kappa shape index (κ1) is 18.1. The lowest BCUT2D eigenvalue weighted by Crippen LogP contribution is -2.21. The average Bonchev–Trinajstić information content (AvgIpc) is 2.66. The molecule has 2 heterocycles. The number of aryl methyl sites for hydroxylation is 1. The molecule has 0 amide bonds. The van der Waals surface area contributed by atoms with Gasteiger partial charge in [0.2, 0.25) is 5.88 Å². The third-order valence-corrected chi connectivity index (χ3v) is 4.58. The van der Waals surface area contributed by atoms with Gasteiger partial charge >= 0.3 is 0 Å². The SMILES string of the molecule is Cc1cc(Cl)cc2c(=O)n(C)c(-c3cccnc3Oc3cccc(F)c3)nc12. The highest BCUT2D eigenvalue weighted by Crippen LogP contribution is 2.31. The zero-order valence-electron chi connectivity index (χ0n) is 15.1. The summed E-state index contributed by atoms with van der Waals surface area (Å²) in [7, 11) is 1.62. The fourth-order valence-corrected chi connectivity index (χ4v) is 3.30. The molecule has 4 aromatic rings. The predicted octanol–water partition coefficient (Wildman–Crippen LogP) is 4.89. The minimum atomic E-state index is -0.418. The number of nitrogens with zero attached hydrogens (tertiary/aromatic N) is 3. The molecule has 0 aliphatic rings. The Bertz CT molecular complexity index is 1270. The van der Waals surface area contributed by atoms with Gasteiger partial charge in [-0.3, -0.25) is 9.36 Å². The second-order valence-corrected chi connectivity index (χ2v) is 6.77. The molecular formula is C21H15ClFN3O2. The third kappa shape index (κ3) is 3.23. The van der Waals surface area contributed by atoms with E-state index in [1.807, 2.05) is 6.92 Å². The summed E-state index contributed by atoms with van der Waals surface area (Å²) >= 11 is 6.10. The van der Waals surface area contributed by atoms with Crippen molar-refractivity contribution in [2.24, 2.45) is 7.05 Å². The summed E-state index contributed by atoms with van der Waals surface area (Å²) in [6.07, 6.45) is 1.56. The monoisotopic (exact) mass is 395 g/mol. The number of aromatic nitrogens is 3. The molecule has 0 saturated heterocycles. The van der Waals surface area contributed by atoms with Crippen LogP contribution in [0.4, 0.5) is 4.39 Å². The van der Waals surface area contributed by atoms with Crippen LogP contribution in [0.3, 0.4) is 0 Å². The van der Waals surface area contributed by atoms with E-state index in [-0.39, 0.29) is 11.4 Å². The van der Waals surface area contributed by atoms with Crippen LogP contribution in [0.25, 0.3) is 22.3 Å². The summed E-state index contributed by atoms with van der Waals surface area (Å²) in [6, 6.07) is 12.6. The number of hydrogen-bond donors (Lipinski definition) is 0. The van der Waals surface area contributed by atoms with Gasteiger partial charge in [0.05, 0.1) is 16.5 Å². The maximum absolute atomic E-state index is 13.5. The fraction of sp³-hybridized carbons (Fsp3) is 0.0952. The van der Waals surface area contributed by atoms with Crippen molar-refractivity contribution in [1.82, 2.24) is 14.5 Å². The highest BCUT2D eigenvalue weighted by atomic mass is 35.5. The van der Waals surface area contributed by atoms with E-state index < -0.39 is 5.82 Å². The van der Waals surface area contributed by atoms with E-state index in [9.17, 15) is 9.18 Å². The van der Waals surface area contributed by atoms with Crippen molar-refractivity contribution in [2.45, 2.75) is 6.92 Å². The Kier molecular flexibility index (Phi) is 4.57. The molecule has 0 spiro atoms. The topological polar surface area (TPSA) is 57.0 Å². The molecule has 2 aromatic carbocycles. The maximum Gasteiger partial charge on any atom is 0.261 e. The van der Waals surface area contributed by atoms with Gasteiger partial charge in [0.25, 0.3) is 5.56 Å². The van der Waals surface area contributed by atoms with Crippen LogP contribution in [-0.4, -0.2) is 14.5 Å². The molecule has 0 fully saturated rings. The number of fused-ring (bicyclic) bond motifs is 1. The molecule has 28 heavy (non-hydrogen) atoms. The Balaban J connectivity index is 1.92. The third-order valence-electron chi connectivity index (χ3n) is 4.36. The van der Waals surface area contributed by atoms with Crippen LogP contribution < -0.4 is 10.3 Å². The lowest BCUT2D eigenvalue weighted by atomic mass is 10.1. The van der Waals surface area contributed by atoms with Gasteiger partial charge in [0.1, 0.15) is 17.4 Å². The molecule has 0 atom stereocenters. The molecule has 7 heteroatoms. The summed E-state index contributed by atoms with van der Waals surface area (Å²) in [5.74, 6) is 0.497. The quantitative estimate of drug-likeness (QED) is 0.495. The van der Waals surface area contributed by atoms with Gasteiger partial charge in [-0.25, -0.2) is 14.4 Å². The van der Waals surface area contributed by atoms with Crippen LogP contribution in [0.2, 0.25) is 5.02 Å². The minimum Gasteiger partial charge on any atom is -0.438 e. The zero-order valence-corrected chi connectivity index (χ0v) is 15.9. The van der Waals surface area contributed by atoms with E-state index in [4.69, 9.17) is 16.3 Å². The average molecular weight is 396 g/mol. The largest absolute Gasteiger partial charge is 0.438 e. The van der Waals surface area contributed by atoms with Crippen LogP contribution in [0.15, 0.2) is 59.5 Å². The van der Waals surface area contributed by atoms with Crippen molar-refractivity contribution in [3.63, 3.8) is 0 Å². The van der Waals surface area contributed by atoms with Gasteiger partial charge in [-0.2, -0.15) is 0 Å². The van der Waals surface area contributed by atoms with Crippen LogP contribution in [-0.2, 0) is 7.05 Å². The summed E-state index contributed by atoms with van der Waals surface area (Å²) in [5.41, 5.74) is 1.63. The predicted molar refractivity (Wildman–Crippen MR) is 106 cm³/mol. The number of halogens is 2. The molecule has 5 nitrogen and oxygen atoms in total. The van der Waals surface area contributed by atoms with Crippen molar-refractivity contribution < 1.29 is 9.13 Å². The second-order valence-electron chi connectivity index (χ2n) is 6.33. The van der Waals surface area contributed by atoms with Crippen molar-refractivity contribution in [2.75, 3.05) is 0 Å². The summed E-state index contributed by atoms with van der Waals surface area (Å²) in [6.45, 7) is 1.85. The van der Waals surface area contributed by atoms with Gasteiger partial charge in [0, 0.05) is 24.3 Å². The summed E-state index contributed by atoms with van der Waals surface area (Å²) < 4.78 is 20.7. The Morgan fingerprint density at radius 3 is 2.75 bits per heavy atom. The van der Waals surface area contributed by atoms with E-state index in [1.165, 1.54) is 16.7 Å². The first-order chi connectivity index (χ1) is 13.4. The fourth-order valence-electron chi connectivity index (χ4n) is 3.03. The zero-order chi connectivity index (χ0) is 19.8. The minimum absolute atomic E-state index is 0.224. The van der Waals surface area contributed by atoms with Gasteiger partial charge in [-0.05, 0) is 48.9 Å². The van der Waals surface area contributed by atoms with Gasteiger partial charge in [0.15, 0.2) is 0 Å². The number of ether oxygens (including phenoxy) is 1. The smallest absolute Gasteiger partial charge is 0.261 e. The first-order valence-corrected chi connectivity index (χ1v) is 8.87. The molecule has 0 saturated carbocycles. The Morgan fingerprint density at radius 2 is 1.96 bits per heavy atom. The Hall–Kier alpha value is -3.25. The highest BCUT2D eigenvalue weighted by molar-refractivity contribution is 6.31. The molecule has 0 bridgehead atoms. The Morgan fingerprint density at radius 1 is 1.14 bits per heavy atom. The van der Waals surface area contributed by atoms with Crippen LogP contribution >= 0.6 is 11.6 Å². The molecule has 140 valence electrons. The van der Waals surface area contributed by atoms with Crippen molar-refractivity contribution in [3.05, 3.63) is 81.5 Å². The van der Waals surface area contributed by atoms with E-state index >= 15 is 0 Å². The Labute approximate surface area is 165 Å². The van der Waals surface area contributed by atoms with Gasteiger partial charge < -0.3 is 4.74 Å². The van der Waals surface area contributed by atoms with E-state index in [0.29, 0.717) is 33.1 Å². The van der Waals surface area contributed by atoms with Crippen molar-refractivity contribution >= 4 is 22.5 Å². The van der Waals surface area contributed by atoms with Crippen molar-refractivity contribution in [3.8, 4) is 23.0 Å². The number of hydrogen-bond acceptors (Lipinski definition) is 4. The second kappa shape index (κ2) is 7.05. The molecule has 2 aromatic heterocycles. The molecule has 4 rings (SSSR count). The van der Waals surface area contributed by atoms with Crippen LogP contribution in [0.1, 0.15) is 5.56 Å². The normalized spacial score (nSPS) is 11.0. The number of pyridine rings is 1. The van der Waals surface area contributed by atoms with Crippen LogP contribution in [0, 0.1) is 12.7 Å². The summed E-state index contributed by atoms with van der Waals surface area (Å²) in [5, 5.41) is 0.917. The number of benzene rings is 2. The molecule has 0 unspecified atom stereocenters. The van der Waals surface area contributed by atoms with Gasteiger partial charge in [-0.1, -0.05) is 17.7 Å². The lowest BCUT2D eigenvalue weighted by Gasteiger charge is -2.14. The van der Waals surface area contributed by atoms with E-state index in [2.05, 4.69) is 9.97 Å². The maximum atomic E-state index is 13.5. The van der Waals surface area contributed by atoms with Gasteiger partial charge in [-0.15, -0.1) is 0 Å². The van der Waals surface area contributed by atoms with E-state index in [1.54, 1.807) is 49.6 Å². The molecule has 0 aliphatic carbocycles. The number of rotatable bonds is 3. The van der Waals surface area contributed by atoms with E-state index in [0.717, 1.165) is 5.56 Å². The first-order valence-electron chi connectivity index (χ1n) is 8.50. The molecule has 0 N–H and O–H groups in total. The lowest BCUT2D eigenvalue weighted by molar-refractivity contribution is 0.459. The molecular weight excluding hydrogens is 381 g/mol. The molecule has 0 aliphatic heterocycles. The highest BCUT2D eigenvalue weighted by Gasteiger charge is 2.17.